The average molecular weight is 333 g/mol. The molecule has 0 aliphatic carbocycles. The number of ether oxygens (including phenoxy) is 1. The highest BCUT2D eigenvalue weighted by atomic mass is 35.5. The van der Waals surface area contributed by atoms with E-state index >= 15 is 0 Å². The van der Waals surface area contributed by atoms with Crippen molar-refractivity contribution in [2.24, 2.45) is 12.0 Å². The molecule has 22 heavy (non-hydrogen) atoms. The SMILES string of the molecule is COc1cccc2sc(=NC(=O)c3ccc(Cl)cc3)n(C)c12. The summed E-state index contributed by atoms with van der Waals surface area (Å²) < 4.78 is 8.25. The van der Waals surface area contributed by atoms with Gasteiger partial charge in [0.1, 0.15) is 11.3 Å². The van der Waals surface area contributed by atoms with Crippen LogP contribution < -0.4 is 9.54 Å². The maximum Gasteiger partial charge on any atom is 0.279 e. The smallest absolute Gasteiger partial charge is 0.279 e. The summed E-state index contributed by atoms with van der Waals surface area (Å²) in [6.45, 7) is 0. The minimum absolute atomic E-state index is 0.294. The number of aryl methyl sites for hydroxylation is 1. The molecule has 0 aliphatic rings. The number of methoxy groups -OCH3 is 1. The number of thiazole rings is 1. The molecule has 1 heterocycles. The van der Waals surface area contributed by atoms with Crippen LogP contribution in [0.2, 0.25) is 5.02 Å². The van der Waals surface area contributed by atoms with Gasteiger partial charge in [-0.2, -0.15) is 4.99 Å². The summed E-state index contributed by atoms with van der Waals surface area (Å²) in [6, 6.07) is 12.5. The largest absolute Gasteiger partial charge is 0.495 e. The number of hydrogen-bond donors (Lipinski definition) is 0. The molecule has 0 N–H and O–H groups in total. The van der Waals surface area contributed by atoms with Crippen LogP contribution in [0.25, 0.3) is 10.2 Å². The molecule has 4 nitrogen and oxygen atoms in total. The fraction of sp³-hybridized carbons (Fsp3) is 0.125. The van der Waals surface area contributed by atoms with E-state index in [4.69, 9.17) is 16.3 Å². The number of halogens is 1. The highest BCUT2D eigenvalue weighted by Gasteiger charge is 2.10. The molecule has 0 fully saturated rings. The lowest BCUT2D eigenvalue weighted by molar-refractivity contribution is 0.0998. The molecule has 6 heteroatoms. The Balaban J connectivity index is 2.11. The van der Waals surface area contributed by atoms with Crippen molar-refractivity contribution in [1.29, 1.82) is 0 Å². The lowest BCUT2D eigenvalue weighted by Crippen LogP contribution is -2.13. The zero-order chi connectivity index (χ0) is 15.7. The third kappa shape index (κ3) is 2.65. The number of carbonyl (C=O) groups is 1. The zero-order valence-electron chi connectivity index (χ0n) is 12.0. The van der Waals surface area contributed by atoms with Crippen molar-refractivity contribution in [2.45, 2.75) is 0 Å². The zero-order valence-corrected chi connectivity index (χ0v) is 13.6. The molecule has 1 amide bonds. The van der Waals surface area contributed by atoms with Crippen LogP contribution >= 0.6 is 22.9 Å². The van der Waals surface area contributed by atoms with Crippen molar-refractivity contribution in [3.8, 4) is 5.75 Å². The highest BCUT2D eigenvalue weighted by Crippen LogP contribution is 2.26. The van der Waals surface area contributed by atoms with Gasteiger partial charge in [-0.15, -0.1) is 0 Å². The van der Waals surface area contributed by atoms with Gasteiger partial charge in [0, 0.05) is 17.6 Å². The molecule has 0 aliphatic heterocycles. The van der Waals surface area contributed by atoms with Gasteiger partial charge >= 0.3 is 0 Å². The second-order valence-corrected chi connectivity index (χ2v) is 6.12. The van der Waals surface area contributed by atoms with E-state index in [2.05, 4.69) is 4.99 Å². The van der Waals surface area contributed by atoms with Crippen molar-refractivity contribution in [3.63, 3.8) is 0 Å². The van der Waals surface area contributed by atoms with Crippen LogP contribution in [0.15, 0.2) is 47.5 Å². The molecule has 112 valence electrons. The van der Waals surface area contributed by atoms with E-state index in [1.165, 1.54) is 11.3 Å². The Kier molecular flexibility index (Phi) is 4.00. The first-order chi connectivity index (χ1) is 10.6. The van der Waals surface area contributed by atoms with E-state index in [0.717, 1.165) is 16.0 Å². The highest BCUT2D eigenvalue weighted by molar-refractivity contribution is 7.16. The molecule has 0 saturated heterocycles. The fourth-order valence-electron chi connectivity index (χ4n) is 2.18. The molecule has 2 aromatic carbocycles. The summed E-state index contributed by atoms with van der Waals surface area (Å²) in [7, 11) is 3.50. The van der Waals surface area contributed by atoms with Gasteiger partial charge in [-0.05, 0) is 36.4 Å². The lowest BCUT2D eigenvalue weighted by Gasteiger charge is -2.03. The van der Waals surface area contributed by atoms with Gasteiger partial charge in [0.2, 0.25) is 0 Å². The van der Waals surface area contributed by atoms with Crippen molar-refractivity contribution < 1.29 is 9.53 Å². The molecule has 0 atom stereocenters. The van der Waals surface area contributed by atoms with Gasteiger partial charge < -0.3 is 9.30 Å². The Labute approximate surface area is 136 Å². The van der Waals surface area contributed by atoms with Crippen LogP contribution in [0.1, 0.15) is 10.4 Å². The van der Waals surface area contributed by atoms with Crippen LogP contribution in [0, 0.1) is 0 Å². The number of rotatable bonds is 2. The van der Waals surface area contributed by atoms with Crippen LogP contribution in [-0.4, -0.2) is 17.6 Å². The Morgan fingerprint density at radius 2 is 1.95 bits per heavy atom. The number of para-hydroxylation sites is 1. The van der Waals surface area contributed by atoms with Crippen LogP contribution in [-0.2, 0) is 7.05 Å². The number of aromatic nitrogens is 1. The van der Waals surface area contributed by atoms with Crippen molar-refractivity contribution in [3.05, 3.63) is 57.9 Å². The standard InChI is InChI=1S/C16H13ClN2O2S/c1-19-14-12(21-2)4-3-5-13(14)22-16(19)18-15(20)10-6-8-11(17)9-7-10/h3-9H,1-2H3. The Morgan fingerprint density at radius 1 is 1.23 bits per heavy atom. The predicted molar refractivity (Wildman–Crippen MR) is 88.7 cm³/mol. The number of nitrogens with zero attached hydrogens (tertiary/aromatic N) is 2. The summed E-state index contributed by atoms with van der Waals surface area (Å²) in [5, 5.41) is 0.591. The molecule has 0 radical (unpaired) electrons. The molecule has 0 spiro atoms. The first-order valence-corrected chi connectivity index (χ1v) is 7.77. The van der Waals surface area contributed by atoms with Gasteiger partial charge in [0.25, 0.3) is 5.91 Å². The monoisotopic (exact) mass is 332 g/mol. The average Bonchev–Trinajstić information content (AvgIpc) is 2.84. The first kappa shape index (κ1) is 14.8. The summed E-state index contributed by atoms with van der Waals surface area (Å²) in [5.74, 6) is 0.467. The molecule has 1 aromatic heterocycles. The quantitative estimate of drug-likeness (QED) is 0.719. The predicted octanol–water partition coefficient (Wildman–Crippen LogP) is 3.64. The van der Waals surface area contributed by atoms with Gasteiger partial charge in [-0.25, -0.2) is 0 Å². The molecule has 3 rings (SSSR count). The van der Waals surface area contributed by atoms with Crippen LogP contribution in [0.3, 0.4) is 0 Å². The van der Waals surface area contributed by atoms with Crippen molar-refractivity contribution in [2.75, 3.05) is 7.11 Å². The summed E-state index contributed by atoms with van der Waals surface area (Å²) in [4.78, 5) is 17.1. The maximum absolute atomic E-state index is 12.3. The van der Waals surface area contributed by atoms with E-state index in [0.29, 0.717) is 15.4 Å². The second-order valence-electron chi connectivity index (χ2n) is 4.67. The van der Waals surface area contributed by atoms with Crippen molar-refractivity contribution in [1.82, 2.24) is 4.57 Å². The van der Waals surface area contributed by atoms with E-state index in [1.54, 1.807) is 31.4 Å². The maximum atomic E-state index is 12.3. The number of fused-ring (bicyclic) bond motifs is 1. The van der Waals surface area contributed by atoms with Crippen LogP contribution in [0.5, 0.6) is 5.75 Å². The van der Waals surface area contributed by atoms with E-state index < -0.39 is 0 Å². The molecule has 0 bridgehead atoms. The number of carbonyl (C=O) groups excluding carboxylic acids is 1. The van der Waals surface area contributed by atoms with Gasteiger partial charge in [-0.1, -0.05) is 29.0 Å². The minimum Gasteiger partial charge on any atom is -0.495 e. The van der Waals surface area contributed by atoms with Crippen LogP contribution in [0.4, 0.5) is 0 Å². The van der Waals surface area contributed by atoms with E-state index in [9.17, 15) is 4.79 Å². The molecule has 0 saturated carbocycles. The summed E-state index contributed by atoms with van der Waals surface area (Å²) in [6.07, 6.45) is 0. The Hall–Kier alpha value is -2.11. The third-order valence-corrected chi connectivity index (χ3v) is 4.64. The third-order valence-electron chi connectivity index (χ3n) is 3.29. The topological polar surface area (TPSA) is 43.6 Å². The number of hydrogen-bond acceptors (Lipinski definition) is 3. The van der Waals surface area contributed by atoms with E-state index in [-0.39, 0.29) is 5.91 Å². The fourth-order valence-corrected chi connectivity index (χ4v) is 3.34. The Bertz CT molecular complexity index is 910. The van der Waals surface area contributed by atoms with Crippen molar-refractivity contribution >= 4 is 39.1 Å². The van der Waals surface area contributed by atoms with E-state index in [1.807, 2.05) is 29.8 Å². The number of benzene rings is 2. The summed E-state index contributed by atoms with van der Waals surface area (Å²) >= 11 is 7.28. The summed E-state index contributed by atoms with van der Waals surface area (Å²) in [5.41, 5.74) is 1.44. The number of amides is 1. The minimum atomic E-state index is -0.294. The van der Waals surface area contributed by atoms with Gasteiger partial charge in [0.15, 0.2) is 4.80 Å². The normalized spacial score (nSPS) is 11.9. The molecule has 0 unspecified atom stereocenters. The van der Waals surface area contributed by atoms with Gasteiger partial charge in [-0.3, -0.25) is 4.79 Å². The Morgan fingerprint density at radius 3 is 2.64 bits per heavy atom. The molecular formula is C16H13ClN2O2S. The van der Waals surface area contributed by atoms with Gasteiger partial charge in [0.05, 0.1) is 11.8 Å². The lowest BCUT2D eigenvalue weighted by atomic mass is 10.2. The first-order valence-electron chi connectivity index (χ1n) is 6.57. The molecule has 3 aromatic rings. The molecular weight excluding hydrogens is 320 g/mol. The second kappa shape index (κ2) is 5.94.